The Morgan fingerprint density at radius 1 is 0.348 bits per heavy atom. The van der Waals surface area contributed by atoms with Crippen molar-refractivity contribution in [1.29, 1.82) is 0 Å². The number of fused-ring (bicyclic) bond motifs is 3. The monoisotopic (exact) mass is 909 g/mol. The molecule has 10 rings (SSSR count). The zero-order valence-corrected chi connectivity index (χ0v) is 44.3. The molecule has 356 valence electrons. The molecule has 0 unspecified atom stereocenters. The average molecular weight is 909 g/mol. The molecule has 0 heteroatoms. The van der Waals surface area contributed by atoms with Gasteiger partial charge in [0.1, 0.15) is 0 Å². The number of hydrogen-bond donors (Lipinski definition) is 0. The van der Waals surface area contributed by atoms with E-state index in [1.165, 1.54) is 151 Å². The first-order valence-corrected chi connectivity index (χ1v) is 26.0. The van der Waals surface area contributed by atoms with Crippen LogP contribution in [-0.2, 0) is 5.41 Å². The third-order valence-electron chi connectivity index (χ3n) is 14.2. The van der Waals surface area contributed by atoms with Crippen LogP contribution in [0.1, 0.15) is 142 Å². The van der Waals surface area contributed by atoms with Gasteiger partial charge in [0.05, 0.1) is 0 Å². The van der Waals surface area contributed by atoms with E-state index in [1.54, 1.807) is 0 Å². The molecule has 1 fully saturated rings. The Labute approximate surface area is 419 Å². The minimum Gasteiger partial charge on any atom is -0.0654 e. The van der Waals surface area contributed by atoms with Gasteiger partial charge in [0.2, 0.25) is 0 Å². The summed E-state index contributed by atoms with van der Waals surface area (Å²) in [7, 11) is 0. The van der Waals surface area contributed by atoms with E-state index in [-0.39, 0.29) is 5.41 Å². The molecule has 0 amide bonds. The number of benzene rings is 8. The fraction of sp³-hybridized carbons (Fsp3) is 0.304. The van der Waals surface area contributed by atoms with Gasteiger partial charge in [0.15, 0.2) is 0 Å². The molecule has 0 atom stereocenters. The van der Waals surface area contributed by atoms with E-state index in [1.807, 2.05) is 6.07 Å². The fourth-order valence-electron chi connectivity index (χ4n) is 9.43. The molecule has 0 spiro atoms. The summed E-state index contributed by atoms with van der Waals surface area (Å²) >= 11 is 0. The summed E-state index contributed by atoms with van der Waals surface area (Å²) in [4.78, 5) is 0. The van der Waals surface area contributed by atoms with Gasteiger partial charge < -0.3 is 0 Å². The van der Waals surface area contributed by atoms with Crippen molar-refractivity contribution >= 4 is 0 Å². The summed E-state index contributed by atoms with van der Waals surface area (Å²) in [5.41, 5.74) is 26.2. The van der Waals surface area contributed by atoms with Gasteiger partial charge in [-0.2, -0.15) is 0 Å². The summed E-state index contributed by atoms with van der Waals surface area (Å²) in [6, 6.07) is 64.1. The summed E-state index contributed by atoms with van der Waals surface area (Å²) in [6.45, 7) is 26.6. The van der Waals surface area contributed by atoms with Crippen LogP contribution in [0.4, 0.5) is 0 Å². The summed E-state index contributed by atoms with van der Waals surface area (Å²) in [6.07, 6.45) is 9.25. The van der Waals surface area contributed by atoms with Crippen LogP contribution >= 0.6 is 0 Å². The quantitative estimate of drug-likeness (QED) is 0.149. The van der Waals surface area contributed by atoms with Crippen LogP contribution in [0, 0.1) is 41.5 Å². The molecule has 69 heavy (non-hydrogen) atoms. The SMILES string of the molecule is CCCC.CCCC.Cc1cc(C)c(-c2ccccc2C)cc1-c1ccc(-c2ccccc2C)c(C2CCC2)c1.Cc1ccc(-c2ccccc2)cc1.Cc1ccc2c(c1)C(C)(C)c1ccccc1-2. The number of rotatable bonds is 7. The van der Waals surface area contributed by atoms with Crippen molar-refractivity contribution in [2.75, 3.05) is 0 Å². The third-order valence-corrected chi connectivity index (χ3v) is 14.2. The van der Waals surface area contributed by atoms with Crippen LogP contribution in [-0.4, -0.2) is 0 Å². The molecule has 0 aromatic heterocycles. The van der Waals surface area contributed by atoms with Crippen molar-refractivity contribution in [3.8, 4) is 55.6 Å². The highest BCUT2D eigenvalue weighted by atomic mass is 14.4. The molecule has 2 aliphatic carbocycles. The Hall–Kier alpha value is -6.24. The maximum atomic E-state index is 2.49. The first-order valence-electron chi connectivity index (χ1n) is 26.0. The van der Waals surface area contributed by atoms with Crippen LogP contribution in [0.5, 0.6) is 0 Å². The van der Waals surface area contributed by atoms with E-state index in [2.05, 4.69) is 253 Å². The van der Waals surface area contributed by atoms with Gasteiger partial charge in [-0.15, -0.1) is 0 Å². The maximum absolute atomic E-state index is 2.49. The van der Waals surface area contributed by atoms with Gasteiger partial charge in [0, 0.05) is 5.41 Å². The Balaban J connectivity index is 0.000000175. The Morgan fingerprint density at radius 2 is 0.812 bits per heavy atom. The molecule has 0 N–H and O–H groups in total. The first-order chi connectivity index (χ1) is 33.3. The van der Waals surface area contributed by atoms with Gasteiger partial charge in [-0.05, 0) is 161 Å². The zero-order valence-electron chi connectivity index (χ0n) is 44.3. The lowest BCUT2D eigenvalue weighted by Gasteiger charge is -2.29. The molecule has 0 saturated heterocycles. The van der Waals surface area contributed by atoms with Gasteiger partial charge in [0.25, 0.3) is 0 Å². The average Bonchev–Trinajstić information content (AvgIpc) is 3.57. The lowest BCUT2D eigenvalue weighted by atomic mass is 9.75. The predicted octanol–water partition coefficient (Wildman–Crippen LogP) is 20.8. The lowest BCUT2D eigenvalue weighted by Crippen LogP contribution is -2.14. The molecule has 0 aliphatic heterocycles. The second kappa shape index (κ2) is 24.9. The van der Waals surface area contributed by atoms with Crippen molar-refractivity contribution in [3.63, 3.8) is 0 Å². The van der Waals surface area contributed by atoms with Crippen LogP contribution in [0.2, 0.25) is 0 Å². The highest BCUT2D eigenvalue weighted by Crippen LogP contribution is 2.49. The van der Waals surface area contributed by atoms with Gasteiger partial charge in [-0.25, -0.2) is 0 Å². The molecule has 0 bridgehead atoms. The molecule has 2 aliphatic rings. The Bertz CT molecular complexity index is 2860. The molecular formula is C69H80. The normalized spacial score (nSPS) is 12.8. The first kappa shape index (κ1) is 52.1. The van der Waals surface area contributed by atoms with E-state index in [4.69, 9.17) is 0 Å². The van der Waals surface area contributed by atoms with Gasteiger partial charge in [-0.3, -0.25) is 0 Å². The fourth-order valence-corrected chi connectivity index (χ4v) is 9.43. The molecule has 8 aromatic rings. The van der Waals surface area contributed by atoms with Crippen molar-refractivity contribution < 1.29 is 0 Å². The predicted molar refractivity (Wildman–Crippen MR) is 305 cm³/mol. The van der Waals surface area contributed by atoms with E-state index < -0.39 is 0 Å². The maximum Gasteiger partial charge on any atom is 0.0158 e. The largest absolute Gasteiger partial charge is 0.0654 e. The van der Waals surface area contributed by atoms with Gasteiger partial charge in [-0.1, -0.05) is 255 Å². The highest BCUT2D eigenvalue weighted by molar-refractivity contribution is 5.83. The number of hydrogen-bond acceptors (Lipinski definition) is 0. The smallest absolute Gasteiger partial charge is 0.0158 e. The van der Waals surface area contributed by atoms with E-state index >= 15 is 0 Å². The number of unbranched alkanes of at least 4 members (excludes halogenated alkanes) is 2. The standard InChI is InChI=1S/C32H32.C16H16.C13H12.2C4H10/c1-21-10-5-7-14-27(21)29-17-16-26(19-32(29)25-12-9-13-25)30-20-31(24(4)18-23(30)3)28-15-8-6-11-22(28)2;1-11-8-9-13-12-6-4-5-7-14(12)16(2,3)15(13)10-11;1-11-7-9-13(10-8-11)12-5-3-2-4-6-12;2*1-3-4-2/h5-8,10-11,14-20,25H,9,12-13H2,1-4H3;4-10H,1-3H3;2-10H,1H3;2*3-4H2,1-2H3. The highest BCUT2D eigenvalue weighted by Gasteiger charge is 2.34. The zero-order chi connectivity index (χ0) is 49.5. The second-order valence-corrected chi connectivity index (χ2v) is 20.0. The molecule has 1 saturated carbocycles. The van der Waals surface area contributed by atoms with E-state index in [9.17, 15) is 0 Å². The van der Waals surface area contributed by atoms with Crippen LogP contribution in [0.3, 0.4) is 0 Å². The Morgan fingerprint density at radius 3 is 1.38 bits per heavy atom. The molecule has 0 heterocycles. The lowest BCUT2D eigenvalue weighted by molar-refractivity contribution is 0.420. The second-order valence-electron chi connectivity index (χ2n) is 20.0. The van der Waals surface area contributed by atoms with Crippen molar-refractivity contribution in [1.82, 2.24) is 0 Å². The minimum absolute atomic E-state index is 0.151. The van der Waals surface area contributed by atoms with Crippen molar-refractivity contribution in [2.45, 2.75) is 139 Å². The number of aryl methyl sites for hydroxylation is 6. The third kappa shape index (κ3) is 12.9. The van der Waals surface area contributed by atoms with Crippen LogP contribution < -0.4 is 0 Å². The van der Waals surface area contributed by atoms with Crippen LogP contribution in [0.25, 0.3) is 55.6 Å². The molecule has 8 aromatic carbocycles. The topological polar surface area (TPSA) is 0 Å². The van der Waals surface area contributed by atoms with E-state index in [0.29, 0.717) is 5.92 Å². The molecule has 0 nitrogen and oxygen atoms in total. The Kier molecular flexibility index (Phi) is 18.8. The van der Waals surface area contributed by atoms with Gasteiger partial charge >= 0.3 is 0 Å². The summed E-state index contributed by atoms with van der Waals surface area (Å²) in [5.74, 6) is 0.686. The van der Waals surface area contributed by atoms with Crippen LogP contribution in [0.15, 0.2) is 176 Å². The molecular weight excluding hydrogens is 829 g/mol. The van der Waals surface area contributed by atoms with E-state index in [0.717, 1.165) is 0 Å². The molecule has 0 radical (unpaired) electrons. The summed E-state index contributed by atoms with van der Waals surface area (Å²) in [5, 5.41) is 0. The van der Waals surface area contributed by atoms with Crippen molar-refractivity contribution in [3.05, 3.63) is 226 Å². The minimum atomic E-state index is 0.151. The van der Waals surface area contributed by atoms with Crippen molar-refractivity contribution in [2.24, 2.45) is 0 Å². The summed E-state index contributed by atoms with van der Waals surface area (Å²) < 4.78 is 0.